The van der Waals surface area contributed by atoms with Crippen LogP contribution < -0.4 is 15.4 Å². The van der Waals surface area contributed by atoms with Crippen LogP contribution in [0.25, 0.3) is 0 Å². The van der Waals surface area contributed by atoms with Crippen molar-refractivity contribution in [3.8, 4) is 5.75 Å². The molecule has 0 saturated heterocycles. The molecule has 3 aliphatic rings. The van der Waals surface area contributed by atoms with Gasteiger partial charge < -0.3 is 20.5 Å². The number of fused-ring (bicyclic) bond motifs is 3. The highest BCUT2D eigenvalue weighted by Gasteiger charge is 2.55. The van der Waals surface area contributed by atoms with Gasteiger partial charge in [0, 0.05) is 18.5 Å². The van der Waals surface area contributed by atoms with Gasteiger partial charge in [0.1, 0.15) is 5.75 Å². The third-order valence-corrected chi connectivity index (χ3v) is 6.15. The number of amides is 2. The number of hydrogen-bond donors (Lipinski definition) is 3. The van der Waals surface area contributed by atoms with E-state index in [0.29, 0.717) is 47.9 Å². The third kappa shape index (κ3) is 3.92. The molecule has 6 nitrogen and oxygen atoms in total. The number of aliphatic hydroxyl groups excluding tert-OH is 1. The van der Waals surface area contributed by atoms with Crippen molar-refractivity contribution in [2.45, 2.75) is 56.2 Å². The highest BCUT2D eigenvalue weighted by atomic mass is 35.5. The first kappa shape index (κ1) is 19.3. The van der Waals surface area contributed by atoms with Gasteiger partial charge >= 0.3 is 0 Å². The van der Waals surface area contributed by atoms with Crippen LogP contribution in [0, 0.1) is 0 Å². The van der Waals surface area contributed by atoms with Gasteiger partial charge in [0.15, 0.2) is 6.61 Å². The first-order valence-corrected chi connectivity index (χ1v) is 9.35. The summed E-state index contributed by atoms with van der Waals surface area (Å²) in [4.78, 5) is 23.8. The summed E-state index contributed by atoms with van der Waals surface area (Å²) in [7, 11) is 0. The Morgan fingerprint density at radius 3 is 2.46 bits per heavy atom. The molecule has 8 heteroatoms. The zero-order valence-corrected chi connectivity index (χ0v) is 16.0. The van der Waals surface area contributed by atoms with Crippen molar-refractivity contribution in [1.29, 1.82) is 0 Å². The lowest BCUT2D eigenvalue weighted by Crippen LogP contribution is -2.70. The van der Waals surface area contributed by atoms with Crippen LogP contribution in [0.2, 0.25) is 10.0 Å². The molecule has 0 aliphatic heterocycles. The number of ether oxygens (including phenoxy) is 1. The highest BCUT2D eigenvalue weighted by molar-refractivity contribution is 6.42. The molecule has 3 saturated carbocycles. The van der Waals surface area contributed by atoms with E-state index in [9.17, 15) is 14.7 Å². The molecule has 1 aromatic carbocycles. The Labute approximate surface area is 162 Å². The average molecular weight is 401 g/mol. The van der Waals surface area contributed by atoms with Crippen LogP contribution in [0.4, 0.5) is 0 Å². The minimum absolute atomic E-state index is 0.141. The molecule has 3 aliphatic carbocycles. The normalized spacial score (nSPS) is 29.9. The lowest BCUT2D eigenvalue weighted by atomic mass is 9.60. The van der Waals surface area contributed by atoms with E-state index in [1.807, 2.05) is 0 Å². The van der Waals surface area contributed by atoms with E-state index in [2.05, 4.69) is 10.6 Å². The summed E-state index contributed by atoms with van der Waals surface area (Å²) in [5, 5.41) is 17.2. The van der Waals surface area contributed by atoms with E-state index in [-0.39, 0.29) is 18.4 Å². The number of carbonyl (C=O) groups excluding carboxylic acids is 2. The average Bonchev–Trinajstić information content (AvgIpc) is 2.57. The second-order valence-corrected chi connectivity index (χ2v) is 8.06. The van der Waals surface area contributed by atoms with Gasteiger partial charge in [-0.2, -0.15) is 0 Å². The maximum Gasteiger partial charge on any atom is 0.258 e. The van der Waals surface area contributed by atoms with Crippen molar-refractivity contribution in [2.24, 2.45) is 0 Å². The van der Waals surface area contributed by atoms with Gasteiger partial charge in [0.2, 0.25) is 5.91 Å². The molecule has 0 radical (unpaired) electrons. The molecule has 3 fully saturated rings. The van der Waals surface area contributed by atoms with Gasteiger partial charge in [-0.3, -0.25) is 9.59 Å². The number of hydrogen-bond acceptors (Lipinski definition) is 4. The summed E-state index contributed by atoms with van der Waals surface area (Å²) in [5.41, 5.74) is -1.01. The Balaban J connectivity index is 1.57. The zero-order chi connectivity index (χ0) is 18.9. The number of rotatable bonds is 5. The predicted molar refractivity (Wildman–Crippen MR) is 98.5 cm³/mol. The predicted octanol–water partition coefficient (Wildman–Crippen LogP) is 2.44. The van der Waals surface area contributed by atoms with Crippen LogP contribution in [-0.4, -0.2) is 40.7 Å². The second-order valence-electron chi connectivity index (χ2n) is 7.25. The zero-order valence-electron chi connectivity index (χ0n) is 14.5. The van der Waals surface area contributed by atoms with Crippen molar-refractivity contribution < 1.29 is 19.4 Å². The molecule has 4 rings (SSSR count). The number of carbonyl (C=O) groups is 2. The molecule has 2 amide bonds. The van der Waals surface area contributed by atoms with Crippen molar-refractivity contribution in [3.05, 3.63) is 28.2 Å². The van der Waals surface area contributed by atoms with Gasteiger partial charge in [-0.15, -0.1) is 0 Å². The maximum atomic E-state index is 12.3. The molecule has 0 heterocycles. The summed E-state index contributed by atoms with van der Waals surface area (Å²) in [6.45, 7) is 1.31. The molecule has 1 atom stereocenters. The first-order valence-electron chi connectivity index (χ1n) is 8.59. The van der Waals surface area contributed by atoms with Crippen LogP contribution in [0.5, 0.6) is 5.75 Å². The van der Waals surface area contributed by atoms with E-state index in [4.69, 9.17) is 27.9 Å². The maximum absolute atomic E-state index is 12.3. The molecule has 2 bridgehead atoms. The third-order valence-electron chi connectivity index (χ3n) is 5.41. The molecular weight excluding hydrogens is 379 g/mol. The Morgan fingerprint density at radius 2 is 1.88 bits per heavy atom. The molecule has 0 unspecified atom stereocenters. The molecule has 3 N–H and O–H groups in total. The Hall–Kier alpha value is -1.50. The lowest BCUT2D eigenvalue weighted by Gasteiger charge is -2.56. The summed E-state index contributed by atoms with van der Waals surface area (Å²) in [6, 6.07) is 4.81. The van der Waals surface area contributed by atoms with E-state index < -0.39 is 17.2 Å². The second kappa shape index (κ2) is 7.25. The number of nitrogens with one attached hydrogen (secondary N) is 2. The molecular formula is C18H22Cl2N2O4. The largest absolute Gasteiger partial charge is 0.484 e. The summed E-state index contributed by atoms with van der Waals surface area (Å²) < 4.78 is 5.47. The fraction of sp³-hybridized carbons (Fsp3) is 0.556. The van der Waals surface area contributed by atoms with E-state index in [1.165, 1.54) is 6.92 Å². The molecule has 26 heavy (non-hydrogen) atoms. The van der Waals surface area contributed by atoms with Gasteiger partial charge in [0.05, 0.1) is 21.7 Å². The van der Waals surface area contributed by atoms with Crippen LogP contribution in [0.1, 0.15) is 39.0 Å². The van der Waals surface area contributed by atoms with Crippen LogP contribution in [-0.2, 0) is 9.59 Å². The van der Waals surface area contributed by atoms with Gasteiger partial charge in [-0.1, -0.05) is 23.2 Å². The summed E-state index contributed by atoms with van der Waals surface area (Å²) in [6.07, 6.45) is 2.45. The van der Waals surface area contributed by atoms with Crippen LogP contribution in [0.3, 0.4) is 0 Å². The van der Waals surface area contributed by atoms with Crippen LogP contribution in [0.15, 0.2) is 18.2 Å². The highest BCUT2D eigenvalue weighted by Crippen LogP contribution is 2.47. The van der Waals surface area contributed by atoms with Crippen LogP contribution >= 0.6 is 23.2 Å². The van der Waals surface area contributed by atoms with Crippen molar-refractivity contribution in [1.82, 2.24) is 10.6 Å². The summed E-state index contributed by atoms with van der Waals surface area (Å²) in [5.74, 6) is 0.0683. The van der Waals surface area contributed by atoms with Crippen molar-refractivity contribution in [2.75, 3.05) is 6.61 Å². The fourth-order valence-electron chi connectivity index (χ4n) is 4.06. The number of aliphatic hydroxyl groups is 1. The Morgan fingerprint density at radius 1 is 1.19 bits per heavy atom. The topological polar surface area (TPSA) is 87.7 Å². The van der Waals surface area contributed by atoms with Gasteiger partial charge in [-0.05, 0) is 44.2 Å². The Kier molecular flexibility index (Phi) is 5.37. The fourth-order valence-corrected chi connectivity index (χ4v) is 4.35. The first-order chi connectivity index (χ1) is 12.2. The smallest absolute Gasteiger partial charge is 0.258 e. The number of halogens is 2. The molecule has 142 valence electrons. The lowest BCUT2D eigenvalue weighted by molar-refractivity contribution is -0.134. The molecule has 1 aromatic rings. The monoisotopic (exact) mass is 400 g/mol. The van der Waals surface area contributed by atoms with E-state index >= 15 is 0 Å². The molecule has 0 spiro atoms. The number of benzene rings is 1. The SMILES string of the molecule is CC(=O)NC12CCC(NC(=O)COc3ccc(Cl)c(Cl)c3)(CC1)C[C@@H]2O. The van der Waals surface area contributed by atoms with Gasteiger partial charge in [0.25, 0.3) is 5.91 Å². The molecule has 0 aromatic heterocycles. The standard InChI is InChI=1S/C18H22Cl2N2O4/c1-11(23)21-18-6-4-17(5-7-18,9-15(18)24)22-16(25)10-26-12-2-3-13(19)14(20)8-12/h2-3,8,15,24H,4-7,9-10H2,1H3,(H,21,23)(H,22,25)/t15-,17?,18?/m0/s1. The Bertz CT molecular complexity index is 717. The minimum Gasteiger partial charge on any atom is -0.484 e. The minimum atomic E-state index is -0.676. The van der Waals surface area contributed by atoms with Crippen molar-refractivity contribution >= 4 is 35.0 Å². The van der Waals surface area contributed by atoms with Crippen molar-refractivity contribution in [3.63, 3.8) is 0 Å². The van der Waals surface area contributed by atoms with E-state index in [1.54, 1.807) is 18.2 Å². The van der Waals surface area contributed by atoms with Gasteiger partial charge in [-0.25, -0.2) is 0 Å². The summed E-state index contributed by atoms with van der Waals surface area (Å²) >= 11 is 11.8. The quantitative estimate of drug-likeness (QED) is 0.707. The van der Waals surface area contributed by atoms with E-state index in [0.717, 1.165) is 0 Å².